The summed E-state index contributed by atoms with van der Waals surface area (Å²) in [5, 5.41) is 11.8. The smallest absolute Gasteiger partial charge is 0.260 e. The maximum absolute atomic E-state index is 15.3. The molecule has 6 unspecified atom stereocenters. The van der Waals surface area contributed by atoms with Crippen molar-refractivity contribution in [3.05, 3.63) is 129 Å². The highest BCUT2D eigenvalue weighted by molar-refractivity contribution is 14.1. The Hall–Kier alpha value is -5.43. The number of carbonyl (C=O) groups is 4. The molecule has 10 nitrogen and oxygen atoms in total. The Bertz CT molecular complexity index is 2210. The fourth-order valence-electron chi connectivity index (χ4n) is 9.06. The van der Waals surface area contributed by atoms with Gasteiger partial charge in [-0.2, -0.15) is 5.01 Å². The van der Waals surface area contributed by atoms with E-state index in [0.717, 1.165) is 19.7 Å². The topological polar surface area (TPSA) is 125 Å². The molecular weight excluding hydrogens is 797 g/mol. The molecule has 4 amide bonds. The molecule has 4 aromatic rings. The number of carbonyl (C=O) groups excluding carboxylic acids is 4. The van der Waals surface area contributed by atoms with Gasteiger partial charge in [-0.05, 0) is 108 Å². The Morgan fingerprint density at radius 2 is 1.52 bits per heavy atom. The van der Waals surface area contributed by atoms with E-state index < -0.39 is 46.8 Å². The average Bonchev–Trinajstić information content (AvgIpc) is 3.56. The molecule has 2 heterocycles. The van der Waals surface area contributed by atoms with Gasteiger partial charge in [-0.3, -0.25) is 29.5 Å². The predicted molar refractivity (Wildman–Crippen MR) is 211 cm³/mol. The fraction of sp³-hybridized carbons (Fsp3) is 0.256. The van der Waals surface area contributed by atoms with Crippen LogP contribution in [0.5, 0.6) is 17.2 Å². The molecule has 0 bridgehead atoms. The zero-order valence-corrected chi connectivity index (χ0v) is 32.0. The van der Waals surface area contributed by atoms with Gasteiger partial charge in [-0.15, -0.1) is 0 Å². The predicted octanol–water partition coefficient (Wildman–Crippen LogP) is 7.06. The first-order valence-electron chi connectivity index (χ1n) is 17.8. The lowest BCUT2D eigenvalue weighted by atomic mass is 9.50. The lowest BCUT2D eigenvalue weighted by molar-refractivity contribution is -0.139. The van der Waals surface area contributed by atoms with E-state index in [2.05, 4.69) is 28.0 Å². The number of imide groups is 2. The number of fused-ring (bicyclic) bond motifs is 4. The lowest BCUT2D eigenvalue weighted by Gasteiger charge is -2.49. The summed E-state index contributed by atoms with van der Waals surface area (Å²) in [5.41, 5.74) is 6.00. The monoisotopic (exact) mass is 835 g/mol. The first-order valence-corrected chi connectivity index (χ1v) is 18.9. The molecule has 2 aliphatic heterocycles. The van der Waals surface area contributed by atoms with Crippen molar-refractivity contribution in [1.29, 1.82) is 0 Å². The lowest BCUT2D eigenvalue weighted by Crippen LogP contribution is -2.54. The first kappa shape index (κ1) is 35.6. The number of hydrazine groups is 1. The molecule has 0 radical (unpaired) electrons. The zero-order valence-electron chi connectivity index (χ0n) is 29.9. The second-order valence-corrected chi connectivity index (χ2v) is 15.5. The number of amides is 4. The molecule has 2 N–H and O–H groups in total. The van der Waals surface area contributed by atoms with Crippen LogP contribution in [0.2, 0.25) is 0 Å². The van der Waals surface area contributed by atoms with E-state index >= 15 is 4.79 Å². The molecule has 1 saturated carbocycles. The molecule has 3 fully saturated rings. The minimum atomic E-state index is -1.39. The average molecular weight is 836 g/mol. The molecule has 8 rings (SSSR count). The highest BCUT2D eigenvalue weighted by atomic mass is 127. The number of nitrogens with one attached hydrogen (secondary N) is 1. The maximum Gasteiger partial charge on any atom is 0.260 e. The largest absolute Gasteiger partial charge is 0.502 e. The van der Waals surface area contributed by atoms with Crippen LogP contribution in [0.1, 0.15) is 29.5 Å². The van der Waals surface area contributed by atoms with Gasteiger partial charge < -0.3 is 14.6 Å². The first-order chi connectivity index (χ1) is 26.1. The Balaban J connectivity index is 1.30. The van der Waals surface area contributed by atoms with Crippen molar-refractivity contribution in [3.63, 3.8) is 0 Å². The van der Waals surface area contributed by atoms with Crippen molar-refractivity contribution in [2.45, 2.75) is 25.2 Å². The second-order valence-electron chi connectivity index (χ2n) is 14.3. The second kappa shape index (κ2) is 13.8. The van der Waals surface area contributed by atoms with Gasteiger partial charge >= 0.3 is 0 Å². The summed E-state index contributed by atoms with van der Waals surface area (Å²) in [6.45, 7) is 1.96. The van der Waals surface area contributed by atoms with E-state index in [4.69, 9.17) is 9.47 Å². The highest BCUT2D eigenvalue weighted by Gasteiger charge is 2.69. The van der Waals surface area contributed by atoms with E-state index in [1.807, 2.05) is 91.9 Å². The van der Waals surface area contributed by atoms with Crippen LogP contribution >= 0.6 is 22.6 Å². The summed E-state index contributed by atoms with van der Waals surface area (Å²) >= 11 is 2.19. The molecular formula is C43H38IN3O7. The van der Waals surface area contributed by atoms with E-state index in [1.165, 1.54) is 19.1 Å². The quantitative estimate of drug-likeness (QED) is 0.110. The van der Waals surface area contributed by atoms with Gasteiger partial charge in [-0.25, -0.2) is 0 Å². The molecule has 54 heavy (non-hydrogen) atoms. The Kier molecular flexibility index (Phi) is 9.07. The molecule has 274 valence electrons. The van der Waals surface area contributed by atoms with Crippen LogP contribution in [0.25, 0.3) is 6.08 Å². The van der Waals surface area contributed by atoms with E-state index in [0.29, 0.717) is 28.9 Å². The third-order valence-electron chi connectivity index (χ3n) is 11.5. The van der Waals surface area contributed by atoms with Crippen molar-refractivity contribution in [2.75, 3.05) is 24.5 Å². The van der Waals surface area contributed by atoms with Crippen LogP contribution in [-0.4, -0.2) is 48.0 Å². The normalized spacial score (nSPS) is 26.1. The molecule has 0 aromatic heterocycles. The van der Waals surface area contributed by atoms with Crippen molar-refractivity contribution in [1.82, 2.24) is 5.01 Å². The molecule has 0 spiro atoms. The number of methoxy groups -OCH3 is 2. The van der Waals surface area contributed by atoms with Gasteiger partial charge in [0.05, 0.1) is 48.8 Å². The standard InChI is InChI=1S/C43H38IN3O7/c1-24-9-14-28(15-10-24)45-47-40(50)34-23-32-30(18-19-31-37(32)41(51)46(39(31)49)29-16-12-27(44)13-17-29)33(43(34,42(47)52)26-7-5-4-6-8-26)20-11-25-21-35(53-2)38(48)36(22-25)54-3/h4-18,20-22,31-34,37,45,48H,19,23H2,1-3H3. The number of hydrogen-bond acceptors (Lipinski definition) is 8. The van der Waals surface area contributed by atoms with E-state index in [-0.39, 0.29) is 35.5 Å². The molecule has 4 aliphatic rings. The van der Waals surface area contributed by atoms with Gasteiger partial charge in [0.25, 0.3) is 11.8 Å². The SMILES string of the molecule is COc1cc(C=CC2C3=CCC4C(=O)N(c5ccc(I)cc5)C(=O)C4C3CC3C(=O)N(Nc4ccc(C)cc4)C(=O)C23c2ccccc2)cc(OC)c1O. The molecule has 6 atom stereocenters. The van der Waals surface area contributed by atoms with E-state index in [1.54, 1.807) is 24.3 Å². The number of anilines is 2. The van der Waals surface area contributed by atoms with Crippen molar-refractivity contribution >= 4 is 63.7 Å². The molecule has 11 heteroatoms. The van der Waals surface area contributed by atoms with Gasteiger partial charge in [0, 0.05) is 9.49 Å². The minimum Gasteiger partial charge on any atom is -0.502 e. The number of ether oxygens (including phenoxy) is 2. The highest BCUT2D eigenvalue weighted by Crippen LogP contribution is 2.61. The van der Waals surface area contributed by atoms with Gasteiger partial charge in [0.1, 0.15) is 0 Å². The summed E-state index contributed by atoms with van der Waals surface area (Å²) in [6, 6.07) is 27.4. The summed E-state index contributed by atoms with van der Waals surface area (Å²) in [6.07, 6.45) is 6.29. The molecule has 2 aliphatic carbocycles. The van der Waals surface area contributed by atoms with Crippen molar-refractivity contribution in [3.8, 4) is 17.2 Å². The van der Waals surface area contributed by atoms with Crippen molar-refractivity contribution in [2.24, 2.45) is 29.6 Å². The van der Waals surface area contributed by atoms with Crippen LogP contribution < -0.4 is 19.8 Å². The fourth-order valence-corrected chi connectivity index (χ4v) is 9.41. The molecule has 2 saturated heterocycles. The number of benzene rings is 4. The third kappa shape index (κ3) is 5.50. The summed E-state index contributed by atoms with van der Waals surface area (Å²) in [7, 11) is 2.90. The van der Waals surface area contributed by atoms with Gasteiger partial charge in [0.2, 0.25) is 17.6 Å². The number of allylic oxidation sites excluding steroid dienone is 3. The summed E-state index contributed by atoms with van der Waals surface area (Å²) < 4.78 is 11.8. The number of hydrogen-bond donors (Lipinski definition) is 2. The Morgan fingerprint density at radius 3 is 2.17 bits per heavy atom. The van der Waals surface area contributed by atoms with Crippen LogP contribution in [0.15, 0.2) is 109 Å². The van der Waals surface area contributed by atoms with Crippen LogP contribution in [0.4, 0.5) is 11.4 Å². The number of nitrogens with zero attached hydrogens (tertiary/aromatic N) is 2. The number of aromatic hydroxyl groups is 1. The number of rotatable bonds is 8. The number of phenolic OH excluding ortho intramolecular Hbond substituents is 1. The number of aryl methyl sites for hydroxylation is 1. The van der Waals surface area contributed by atoms with Crippen LogP contribution in [0.3, 0.4) is 0 Å². The minimum absolute atomic E-state index is 0.145. The van der Waals surface area contributed by atoms with Crippen LogP contribution in [0, 0.1) is 40.1 Å². The van der Waals surface area contributed by atoms with E-state index in [9.17, 15) is 19.5 Å². The van der Waals surface area contributed by atoms with Crippen LogP contribution in [-0.2, 0) is 24.6 Å². The van der Waals surface area contributed by atoms with Crippen molar-refractivity contribution < 1.29 is 33.8 Å². The summed E-state index contributed by atoms with van der Waals surface area (Å²) in [4.78, 5) is 59.9. The number of halogens is 1. The number of phenols is 1. The Morgan fingerprint density at radius 1 is 0.852 bits per heavy atom. The van der Waals surface area contributed by atoms with Gasteiger partial charge in [0.15, 0.2) is 11.5 Å². The third-order valence-corrected chi connectivity index (χ3v) is 12.2. The Labute approximate surface area is 326 Å². The maximum atomic E-state index is 15.3. The van der Waals surface area contributed by atoms with Gasteiger partial charge in [-0.1, -0.05) is 71.8 Å². The molecule has 4 aromatic carbocycles. The summed E-state index contributed by atoms with van der Waals surface area (Å²) in [5.74, 6) is -4.47. The zero-order chi connectivity index (χ0) is 37.9.